The van der Waals surface area contributed by atoms with E-state index < -0.39 is 0 Å². The number of amides is 1. The van der Waals surface area contributed by atoms with Crippen LogP contribution in [0.4, 0.5) is 5.69 Å². The maximum Gasteiger partial charge on any atom is 0.261 e. The largest absolute Gasteiger partial charge is 0.390 e. The number of halogens is 1. The number of carbonyl (C=O) groups excluding carboxylic acids is 1. The fraction of sp³-hybridized carbons (Fsp3) is 0.435. The lowest BCUT2D eigenvalue weighted by molar-refractivity contribution is 0.0755. The van der Waals surface area contributed by atoms with Gasteiger partial charge in [0.1, 0.15) is 11.9 Å². The quantitative estimate of drug-likeness (QED) is 0.585. The summed E-state index contributed by atoms with van der Waals surface area (Å²) in [6.45, 7) is 3.47. The van der Waals surface area contributed by atoms with Crippen molar-refractivity contribution in [3.8, 4) is 0 Å². The Kier molecular flexibility index (Phi) is 7.52. The van der Waals surface area contributed by atoms with Gasteiger partial charge < -0.3 is 24.7 Å². The van der Waals surface area contributed by atoms with Gasteiger partial charge in [0, 0.05) is 57.5 Å². The predicted octanol–water partition coefficient (Wildman–Crippen LogP) is 3.10. The van der Waals surface area contributed by atoms with E-state index >= 15 is 0 Å². The molecule has 2 aliphatic heterocycles. The van der Waals surface area contributed by atoms with Crippen molar-refractivity contribution in [2.45, 2.75) is 12.5 Å². The average Bonchev–Trinajstić information content (AvgIpc) is 3.56. The van der Waals surface area contributed by atoms with Crippen molar-refractivity contribution in [2.75, 3.05) is 58.9 Å². The van der Waals surface area contributed by atoms with E-state index in [-0.39, 0.29) is 12.0 Å². The van der Waals surface area contributed by atoms with E-state index in [2.05, 4.69) is 50.5 Å². The number of nitrogens with one attached hydrogen (secondary N) is 1. The molecular formula is C23H28ClN5O3S. The van der Waals surface area contributed by atoms with Crippen molar-refractivity contribution < 1.29 is 14.4 Å². The van der Waals surface area contributed by atoms with Gasteiger partial charge in [-0.05, 0) is 18.2 Å². The van der Waals surface area contributed by atoms with Crippen LogP contribution in [0.1, 0.15) is 27.2 Å². The summed E-state index contributed by atoms with van der Waals surface area (Å²) in [5.74, 6) is 0.844. The summed E-state index contributed by atoms with van der Waals surface area (Å²) < 4.78 is 5.87. The van der Waals surface area contributed by atoms with Gasteiger partial charge in [-0.2, -0.15) is 0 Å². The first-order chi connectivity index (χ1) is 16.0. The fourth-order valence-corrected chi connectivity index (χ4v) is 4.81. The number of benzene rings is 1. The number of methoxy groups -OCH3 is 1. The van der Waals surface area contributed by atoms with Gasteiger partial charge in [0.05, 0.1) is 34.6 Å². The topological polar surface area (TPSA) is 78.8 Å². The third-order valence-electron chi connectivity index (χ3n) is 5.69. The average molecular weight is 490 g/mol. The van der Waals surface area contributed by atoms with Gasteiger partial charge in [-0.15, -0.1) is 11.3 Å². The molecule has 2 aliphatic rings. The number of aliphatic imine (C=N–C) groups is 1. The molecular weight excluding hydrogens is 462 g/mol. The number of likely N-dealkylation sites (N-methyl/N-ethyl adjacent to an activating group) is 2. The molecule has 10 heteroatoms. The Bertz CT molecular complexity index is 1070. The van der Waals surface area contributed by atoms with Crippen molar-refractivity contribution in [1.29, 1.82) is 0 Å². The molecule has 0 spiro atoms. The maximum atomic E-state index is 12.3. The molecule has 0 saturated carbocycles. The molecule has 1 aromatic carbocycles. The molecule has 1 atom stereocenters. The van der Waals surface area contributed by atoms with Crippen molar-refractivity contribution in [1.82, 2.24) is 10.2 Å². The summed E-state index contributed by atoms with van der Waals surface area (Å²) in [5.41, 5.74) is 4.00. The zero-order valence-electron chi connectivity index (χ0n) is 19.0. The Morgan fingerprint density at radius 2 is 2.24 bits per heavy atom. The zero-order valence-corrected chi connectivity index (χ0v) is 20.6. The molecule has 1 aromatic heterocycles. The highest BCUT2D eigenvalue weighted by molar-refractivity contribution is 7.18. The smallest absolute Gasteiger partial charge is 0.261 e. The van der Waals surface area contributed by atoms with E-state index in [0.29, 0.717) is 28.8 Å². The predicted molar refractivity (Wildman–Crippen MR) is 133 cm³/mol. The van der Waals surface area contributed by atoms with E-state index in [1.54, 1.807) is 19.2 Å². The van der Waals surface area contributed by atoms with Gasteiger partial charge in [0.15, 0.2) is 0 Å². The molecule has 0 radical (unpaired) electrons. The normalized spacial score (nSPS) is 17.6. The standard InChI is InChI=1S/C23H28ClN5O3S/c1-28(10-11-31-3)19-12-15(22-25-8-9-29(22)2)4-5-17(19)18-13-16(32-27-18)14-26-23(30)20-6-7-21(24)33-20/h4-7,12,16H,8-11,13-14H2,1-3H3,(H,26,30). The van der Waals surface area contributed by atoms with Crippen LogP contribution >= 0.6 is 22.9 Å². The highest BCUT2D eigenvalue weighted by atomic mass is 35.5. The van der Waals surface area contributed by atoms with Crippen LogP contribution in [-0.4, -0.2) is 82.4 Å². The van der Waals surface area contributed by atoms with Gasteiger partial charge in [-0.3, -0.25) is 9.79 Å². The molecule has 0 bridgehead atoms. The molecule has 8 nitrogen and oxygen atoms in total. The number of thiophene rings is 1. The molecule has 1 N–H and O–H groups in total. The number of hydrogen-bond acceptors (Lipinski definition) is 8. The van der Waals surface area contributed by atoms with Gasteiger partial charge in [-0.1, -0.05) is 28.9 Å². The van der Waals surface area contributed by atoms with Gasteiger partial charge in [-0.25, -0.2) is 0 Å². The van der Waals surface area contributed by atoms with E-state index in [1.165, 1.54) is 11.3 Å². The highest BCUT2D eigenvalue weighted by Crippen LogP contribution is 2.28. The number of anilines is 1. The molecule has 0 fully saturated rings. The van der Waals surface area contributed by atoms with Gasteiger partial charge in [0.25, 0.3) is 5.91 Å². The third-order valence-corrected chi connectivity index (χ3v) is 6.92. The molecule has 4 rings (SSSR count). The Labute approximate surface area is 202 Å². The van der Waals surface area contributed by atoms with Crippen LogP contribution in [0, 0.1) is 0 Å². The number of ether oxygens (including phenoxy) is 1. The molecule has 0 aliphatic carbocycles. The Hall–Kier alpha value is -2.62. The van der Waals surface area contributed by atoms with Crippen LogP contribution in [0.15, 0.2) is 40.5 Å². The molecule has 1 unspecified atom stereocenters. The Balaban J connectivity index is 1.47. The zero-order chi connectivity index (χ0) is 23.4. The summed E-state index contributed by atoms with van der Waals surface area (Å²) in [5, 5.41) is 7.26. The fourth-order valence-electron chi connectivity index (χ4n) is 3.85. The van der Waals surface area contributed by atoms with Gasteiger partial charge in [0.2, 0.25) is 0 Å². The van der Waals surface area contributed by atoms with Crippen molar-refractivity contribution in [3.05, 3.63) is 50.7 Å². The number of hydrogen-bond donors (Lipinski definition) is 1. The number of nitrogens with zero attached hydrogens (tertiary/aromatic N) is 4. The molecule has 3 heterocycles. The van der Waals surface area contributed by atoms with E-state index in [0.717, 1.165) is 48.0 Å². The van der Waals surface area contributed by atoms with Crippen LogP contribution < -0.4 is 10.2 Å². The lowest BCUT2D eigenvalue weighted by Gasteiger charge is -2.24. The minimum absolute atomic E-state index is 0.158. The van der Waals surface area contributed by atoms with Crippen LogP contribution in [-0.2, 0) is 9.57 Å². The molecule has 1 amide bonds. The van der Waals surface area contributed by atoms with Crippen molar-refractivity contribution in [2.24, 2.45) is 10.1 Å². The minimum Gasteiger partial charge on any atom is -0.390 e. The summed E-state index contributed by atoms with van der Waals surface area (Å²) in [7, 11) is 5.80. The number of rotatable bonds is 9. The van der Waals surface area contributed by atoms with E-state index in [9.17, 15) is 4.79 Å². The maximum absolute atomic E-state index is 12.3. The Morgan fingerprint density at radius 3 is 2.94 bits per heavy atom. The van der Waals surface area contributed by atoms with Crippen molar-refractivity contribution in [3.63, 3.8) is 0 Å². The van der Waals surface area contributed by atoms with Crippen LogP contribution in [0.2, 0.25) is 4.34 Å². The van der Waals surface area contributed by atoms with Crippen LogP contribution in [0.5, 0.6) is 0 Å². The number of carbonyl (C=O) groups is 1. The van der Waals surface area contributed by atoms with E-state index in [1.807, 2.05) is 7.05 Å². The SMILES string of the molecule is COCCN(C)c1cc(C2=NCCN2C)ccc1C1=NOC(CNC(=O)c2ccc(Cl)s2)C1. The first kappa shape index (κ1) is 23.5. The summed E-state index contributed by atoms with van der Waals surface area (Å²) in [6.07, 6.45) is 0.387. The first-order valence-corrected chi connectivity index (χ1v) is 12.0. The first-order valence-electron chi connectivity index (χ1n) is 10.8. The minimum atomic E-state index is -0.221. The van der Waals surface area contributed by atoms with Crippen LogP contribution in [0.3, 0.4) is 0 Å². The summed E-state index contributed by atoms with van der Waals surface area (Å²) in [4.78, 5) is 27.5. The number of oxime groups is 1. The van der Waals surface area contributed by atoms with Crippen molar-refractivity contribution >= 4 is 46.1 Å². The molecule has 176 valence electrons. The van der Waals surface area contributed by atoms with Gasteiger partial charge >= 0.3 is 0 Å². The van der Waals surface area contributed by atoms with Crippen LogP contribution in [0.25, 0.3) is 0 Å². The summed E-state index contributed by atoms with van der Waals surface area (Å²) >= 11 is 7.18. The number of amidine groups is 1. The summed E-state index contributed by atoms with van der Waals surface area (Å²) in [6, 6.07) is 9.76. The third kappa shape index (κ3) is 5.48. The monoisotopic (exact) mass is 489 g/mol. The highest BCUT2D eigenvalue weighted by Gasteiger charge is 2.26. The second-order valence-electron chi connectivity index (χ2n) is 8.06. The van der Waals surface area contributed by atoms with E-state index in [4.69, 9.17) is 21.2 Å². The second-order valence-corrected chi connectivity index (χ2v) is 9.77. The Morgan fingerprint density at radius 1 is 1.39 bits per heavy atom. The molecule has 2 aromatic rings. The molecule has 33 heavy (non-hydrogen) atoms. The molecule has 0 saturated heterocycles. The lowest BCUT2D eigenvalue weighted by Crippen LogP contribution is -2.32. The lowest BCUT2D eigenvalue weighted by atomic mass is 9.99. The second kappa shape index (κ2) is 10.5.